The van der Waals surface area contributed by atoms with Gasteiger partial charge in [0.25, 0.3) is 5.91 Å². The highest BCUT2D eigenvalue weighted by Gasteiger charge is 2.34. The SMILES string of the molecule is O=C(Nc1ccc(/C=C/c2ccc(NC(=O)[C@@H]3CCCN3C(=O)c3ccncc3)cc2)cc1)[C@@H]1CCCN1. The van der Waals surface area contributed by atoms with Gasteiger partial charge in [0, 0.05) is 35.9 Å². The van der Waals surface area contributed by atoms with Gasteiger partial charge in [0.1, 0.15) is 6.04 Å². The van der Waals surface area contributed by atoms with E-state index in [2.05, 4.69) is 20.9 Å². The number of hydrogen-bond acceptors (Lipinski definition) is 5. The number of anilines is 2. The number of nitrogens with one attached hydrogen (secondary N) is 3. The van der Waals surface area contributed by atoms with Gasteiger partial charge < -0.3 is 20.9 Å². The highest BCUT2D eigenvalue weighted by atomic mass is 16.2. The van der Waals surface area contributed by atoms with Gasteiger partial charge in [0.05, 0.1) is 6.04 Å². The molecule has 3 amide bonds. The van der Waals surface area contributed by atoms with E-state index >= 15 is 0 Å². The highest BCUT2D eigenvalue weighted by molar-refractivity contribution is 6.01. The molecule has 3 heterocycles. The monoisotopic (exact) mass is 509 g/mol. The molecular formula is C30H31N5O3. The van der Waals surface area contributed by atoms with Crippen LogP contribution in [0.1, 0.15) is 47.2 Å². The van der Waals surface area contributed by atoms with Crippen molar-refractivity contribution in [1.29, 1.82) is 0 Å². The van der Waals surface area contributed by atoms with Crippen molar-refractivity contribution in [2.75, 3.05) is 23.7 Å². The van der Waals surface area contributed by atoms with Crippen molar-refractivity contribution in [2.24, 2.45) is 0 Å². The van der Waals surface area contributed by atoms with Gasteiger partial charge in [-0.25, -0.2) is 0 Å². The first-order chi connectivity index (χ1) is 18.6. The average molecular weight is 510 g/mol. The molecule has 0 radical (unpaired) electrons. The molecular weight excluding hydrogens is 478 g/mol. The van der Waals surface area contributed by atoms with Crippen molar-refractivity contribution < 1.29 is 14.4 Å². The number of benzene rings is 2. The maximum Gasteiger partial charge on any atom is 0.254 e. The summed E-state index contributed by atoms with van der Waals surface area (Å²) in [6, 6.07) is 18.1. The second-order valence-electron chi connectivity index (χ2n) is 9.60. The van der Waals surface area contributed by atoms with E-state index in [4.69, 9.17) is 0 Å². The molecule has 2 fully saturated rings. The zero-order chi connectivity index (χ0) is 26.3. The van der Waals surface area contributed by atoms with E-state index in [-0.39, 0.29) is 23.8 Å². The van der Waals surface area contributed by atoms with Crippen molar-refractivity contribution in [3.63, 3.8) is 0 Å². The van der Waals surface area contributed by atoms with Gasteiger partial charge in [0.15, 0.2) is 0 Å². The molecule has 2 aliphatic heterocycles. The number of rotatable bonds is 7. The summed E-state index contributed by atoms with van der Waals surface area (Å²) in [7, 11) is 0. The third-order valence-electron chi connectivity index (χ3n) is 6.95. The number of likely N-dealkylation sites (tertiary alicyclic amines) is 1. The van der Waals surface area contributed by atoms with Crippen LogP contribution >= 0.6 is 0 Å². The largest absolute Gasteiger partial charge is 0.327 e. The lowest BCUT2D eigenvalue weighted by Crippen LogP contribution is -2.43. The van der Waals surface area contributed by atoms with Crippen molar-refractivity contribution in [2.45, 2.75) is 37.8 Å². The highest BCUT2D eigenvalue weighted by Crippen LogP contribution is 2.22. The normalized spacial score (nSPS) is 19.0. The minimum absolute atomic E-state index is 0.0129. The molecule has 2 aromatic carbocycles. The van der Waals surface area contributed by atoms with E-state index in [0.29, 0.717) is 24.2 Å². The lowest BCUT2D eigenvalue weighted by molar-refractivity contribution is -0.120. The Morgan fingerprint density at radius 3 is 1.97 bits per heavy atom. The van der Waals surface area contributed by atoms with Crippen LogP contribution in [0.4, 0.5) is 11.4 Å². The van der Waals surface area contributed by atoms with Crippen LogP contribution in [0.5, 0.6) is 0 Å². The van der Waals surface area contributed by atoms with Crippen molar-refractivity contribution in [3.05, 3.63) is 89.7 Å². The Hall–Kier alpha value is -4.30. The summed E-state index contributed by atoms with van der Waals surface area (Å²) >= 11 is 0. The summed E-state index contributed by atoms with van der Waals surface area (Å²) in [4.78, 5) is 43.7. The molecule has 0 aliphatic carbocycles. The Morgan fingerprint density at radius 2 is 1.39 bits per heavy atom. The Balaban J connectivity index is 1.14. The number of pyridine rings is 1. The smallest absolute Gasteiger partial charge is 0.254 e. The topological polar surface area (TPSA) is 103 Å². The van der Waals surface area contributed by atoms with Gasteiger partial charge in [-0.1, -0.05) is 36.4 Å². The molecule has 5 rings (SSSR count). The predicted molar refractivity (Wildman–Crippen MR) is 148 cm³/mol. The molecule has 38 heavy (non-hydrogen) atoms. The van der Waals surface area contributed by atoms with Gasteiger partial charge in [0.2, 0.25) is 11.8 Å². The molecule has 3 aromatic rings. The molecule has 2 atom stereocenters. The molecule has 2 aliphatic rings. The minimum atomic E-state index is -0.489. The Morgan fingerprint density at radius 1 is 0.789 bits per heavy atom. The van der Waals surface area contributed by atoms with E-state index < -0.39 is 6.04 Å². The average Bonchev–Trinajstić information content (AvgIpc) is 3.67. The second kappa shape index (κ2) is 11.8. The van der Waals surface area contributed by atoms with Gasteiger partial charge in [-0.2, -0.15) is 0 Å². The summed E-state index contributed by atoms with van der Waals surface area (Å²) in [6.07, 6.45) is 10.5. The Kier molecular flexibility index (Phi) is 7.89. The molecule has 0 unspecified atom stereocenters. The van der Waals surface area contributed by atoms with Crippen LogP contribution in [0, 0.1) is 0 Å². The van der Waals surface area contributed by atoms with Gasteiger partial charge >= 0.3 is 0 Å². The Bertz CT molecular complexity index is 1300. The number of nitrogens with zero attached hydrogens (tertiary/aromatic N) is 2. The van der Waals surface area contributed by atoms with Crippen LogP contribution in [0.2, 0.25) is 0 Å². The number of carbonyl (C=O) groups is 3. The number of aromatic nitrogens is 1. The zero-order valence-electron chi connectivity index (χ0n) is 21.1. The molecule has 2 saturated heterocycles. The van der Waals surface area contributed by atoms with Crippen molar-refractivity contribution >= 4 is 41.2 Å². The first-order valence-electron chi connectivity index (χ1n) is 13.0. The van der Waals surface area contributed by atoms with Crippen LogP contribution in [0.25, 0.3) is 12.2 Å². The molecule has 0 spiro atoms. The number of hydrogen-bond donors (Lipinski definition) is 3. The van der Waals surface area contributed by atoms with Crippen LogP contribution in [0.15, 0.2) is 73.1 Å². The molecule has 3 N–H and O–H groups in total. The maximum absolute atomic E-state index is 13.0. The lowest BCUT2D eigenvalue weighted by atomic mass is 10.1. The lowest BCUT2D eigenvalue weighted by Gasteiger charge is -2.24. The molecule has 8 nitrogen and oxygen atoms in total. The fourth-order valence-electron chi connectivity index (χ4n) is 4.85. The Labute approximate surface area is 222 Å². The minimum Gasteiger partial charge on any atom is -0.327 e. The molecule has 0 saturated carbocycles. The molecule has 8 heteroatoms. The third kappa shape index (κ3) is 6.15. The van der Waals surface area contributed by atoms with Crippen LogP contribution in [-0.2, 0) is 9.59 Å². The zero-order valence-corrected chi connectivity index (χ0v) is 21.1. The summed E-state index contributed by atoms with van der Waals surface area (Å²) in [5.41, 5.74) is 4.01. The van der Waals surface area contributed by atoms with Gasteiger partial charge in [-0.15, -0.1) is 0 Å². The fourth-order valence-corrected chi connectivity index (χ4v) is 4.85. The number of amides is 3. The van der Waals surface area contributed by atoms with Crippen molar-refractivity contribution in [3.8, 4) is 0 Å². The number of carbonyl (C=O) groups excluding carboxylic acids is 3. The predicted octanol–water partition coefficient (Wildman–Crippen LogP) is 4.19. The van der Waals surface area contributed by atoms with Crippen LogP contribution in [-0.4, -0.2) is 52.8 Å². The second-order valence-corrected chi connectivity index (χ2v) is 9.60. The third-order valence-corrected chi connectivity index (χ3v) is 6.95. The molecule has 194 valence electrons. The van der Waals surface area contributed by atoms with E-state index in [1.54, 1.807) is 29.4 Å². The first-order valence-corrected chi connectivity index (χ1v) is 13.0. The van der Waals surface area contributed by atoms with Crippen LogP contribution in [0.3, 0.4) is 0 Å². The quantitative estimate of drug-likeness (QED) is 0.415. The van der Waals surface area contributed by atoms with Crippen LogP contribution < -0.4 is 16.0 Å². The summed E-state index contributed by atoms with van der Waals surface area (Å²) in [5.74, 6) is -0.310. The van der Waals surface area contributed by atoms with E-state index in [9.17, 15) is 14.4 Å². The van der Waals surface area contributed by atoms with Gasteiger partial charge in [-0.05, 0) is 79.8 Å². The van der Waals surface area contributed by atoms with Gasteiger partial charge in [-0.3, -0.25) is 19.4 Å². The van der Waals surface area contributed by atoms with E-state index in [1.807, 2.05) is 60.7 Å². The molecule has 1 aromatic heterocycles. The summed E-state index contributed by atoms with van der Waals surface area (Å²) < 4.78 is 0. The van der Waals surface area contributed by atoms with E-state index in [1.165, 1.54) is 0 Å². The van der Waals surface area contributed by atoms with E-state index in [0.717, 1.165) is 42.6 Å². The molecule has 0 bridgehead atoms. The first kappa shape index (κ1) is 25.4. The van der Waals surface area contributed by atoms with Crippen molar-refractivity contribution in [1.82, 2.24) is 15.2 Å². The maximum atomic E-state index is 13.0. The standard InChI is InChI=1S/C30H31N5O3/c36-28(26-3-1-17-32-26)33-24-11-7-21(8-12-24)5-6-22-9-13-25(14-10-22)34-29(37)27-4-2-20-35(27)30(38)23-15-18-31-19-16-23/h5-16,18-19,26-27,32H,1-4,17,20H2,(H,33,36)(H,34,37)/b6-5+/t26-,27-/m0/s1. The fraction of sp³-hybridized carbons (Fsp3) is 0.267. The summed E-state index contributed by atoms with van der Waals surface area (Å²) in [5, 5.41) is 9.12. The summed E-state index contributed by atoms with van der Waals surface area (Å²) in [6.45, 7) is 1.45.